The van der Waals surface area contributed by atoms with E-state index in [1.807, 2.05) is 12.1 Å². The number of benzene rings is 3. The molecule has 1 amide bonds. The molecular weight excluding hydrogens is 434 g/mol. The molecule has 3 N–H and O–H groups in total. The van der Waals surface area contributed by atoms with Gasteiger partial charge in [-0.05, 0) is 98.1 Å². The molecule has 5 heteroatoms. The quantitative estimate of drug-likeness (QED) is 0.428. The van der Waals surface area contributed by atoms with Crippen LogP contribution in [0.3, 0.4) is 0 Å². The molecule has 0 aromatic heterocycles. The van der Waals surface area contributed by atoms with Crippen LogP contribution in [-0.4, -0.2) is 44.2 Å². The third-order valence-corrected chi connectivity index (χ3v) is 7.57. The Morgan fingerprint density at radius 2 is 1.69 bits per heavy atom. The highest BCUT2D eigenvalue weighted by Gasteiger charge is 2.25. The van der Waals surface area contributed by atoms with Crippen LogP contribution in [0.15, 0.2) is 66.7 Å². The molecule has 1 saturated heterocycles. The summed E-state index contributed by atoms with van der Waals surface area (Å²) in [5.74, 6) is 1.31. The van der Waals surface area contributed by atoms with Gasteiger partial charge in [0.2, 0.25) is 0 Å². The maximum absolute atomic E-state index is 12.2. The summed E-state index contributed by atoms with van der Waals surface area (Å²) in [6.07, 6.45) is 6.63. The first-order chi connectivity index (χ1) is 17.2. The van der Waals surface area contributed by atoms with Crippen molar-refractivity contribution < 1.29 is 9.53 Å². The number of rotatable bonds is 9. The Morgan fingerprint density at radius 1 is 0.886 bits per heavy atom. The summed E-state index contributed by atoms with van der Waals surface area (Å²) in [5.41, 5.74) is 2.79. The minimum absolute atomic E-state index is 0.0332. The second-order valence-corrected chi connectivity index (χ2v) is 10.00. The van der Waals surface area contributed by atoms with Crippen LogP contribution in [0.4, 0.5) is 0 Å². The van der Waals surface area contributed by atoms with Crippen LogP contribution in [0.2, 0.25) is 0 Å². The lowest BCUT2D eigenvalue weighted by molar-refractivity contribution is -0.123. The van der Waals surface area contributed by atoms with Gasteiger partial charge in [-0.25, -0.2) is 0 Å². The number of carbonyl (C=O) groups is 1. The summed E-state index contributed by atoms with van der Waals surface area (Å²) in [5, 5.41) is 12.9. The van der Waals surface area contributed by atoms with Crippen LogP contribution in [0.1, 0.15) is 49.1 Å². The zero-order valence-corrected chi connectivity index (χ0v) is 20.5. The van der Waals surface area contributed by atoms with E-state index >= 15 is 0 Å². The number of amides is 1. The molecule has 2 fully saturated rings. The summed E-state index contributed by atoms with van der Waals surface area (Å²) in [6, 6.07) is 24.5. The maximum Gasteiger partial charge on any atom is 0.258 e. The van der Waals surface area contributed by atoms with E-state index in [-0.39, 0.29) is 18.6 Å². The molecule has 1 aliphatic heterocycles. The third-order valence-electron chi connectivity index (χ3n) is 7.57. The van der Waals surface area contributed by atoms with Gasteiger partial charge < -0.3 is 20.7 Å². The summed E-state index contributed by atoms with van der Waals surface area (Å²) < 4.78 is 5.73. The maximum atomic E-state index is 12.2. The van der Waals surface area contributed by atoms with Gasteiger partial charge in [-0.3, -0.25) is 4.79 Å². The molecule has 2 atom stereocenters. The van der Waals surface area contributed by atoms with Gasteiger partial charge in [0.1, 0.15) is 5.75 Å². The molecule has 3 aromatic carbocycles. The van der Waals surface area contributed by atoms with Gasteiger partial charge in [-0.1, -0.05) is 54.6 Å². The highest BCUT2D eigenvalue weighted by atomic mass is 16.5. The molecule has 1 saturated carbocycles. The smallest absolute Gasteiger partial charge is 0.258 e. The fraction of sp³-hybridized carbons (Fsp3) is 0.433. The van der Waals surface area contributed by atoms with Gasteiger partial charge in [0.25, 0.3) is 5.91 Å². The molecule has 5 rings (SSSR count). The van der Waals surface area contributed by atoms with Crippen molar-refractivity contribution in [3.8, 4) is 5.75 Å². The van der Waals surface area contributed by atoms with Gasteiger partial charge >= 0.3 is 0 Å². The first-order valence-electron chi connectivity index (χ1n) is 13.2. The highest BCUT2D eigenvalue weighted by molar-refractivity contribution is 5.85. The lowest BCUT2D eigenvalue weighted by Gasteiger charge is -2.23. The predicted molar refractivity (Wildman–Crippen MR) is 142 cm³/mol. The van der Waals surface area contributed by atoms with E-state index in [1.54, 1.807) is 0 Å². The molecule has 184 valence electrons. The summed E-state index contributed by atoms with van der Waals surface area (Å²) in [6.45, 7) is 3.02. The van der Waals surface area contributed by atoms with Crippen molar-refractivity contribution >= 4 is 16.7 Å². The van der Waals surface area contributed by atoms with Crippen LogP contribution < -0.4 is 20.7 Å². The number of carbonyl (C=O) groups excluding carboxylic acids is 1. The average molecular weight is 472 g/mol. The highest BCUT2D eigenvalue weighted by Crippen LogP contribution is 2.35. The summed E-state index contributed by atoms with van der Waals surface area (Å²) in [7, 11) is 0. The number of nitrogens with one attached hydrogen (secondary N) is 3. The number of piperidine rings is 1. The Labute approximate surface area is 208 Å². The number of hydrogen-bond acceptors (Lipinski definition) is 4. The fourth-order valence-corrected chi connectivity index (χ4v) is 5.61. The minimum atomic E-state index is -0.0332. The number of ether oxygens (including phenoxy) is 1. The molecule has 3 aromatic rings. The summed E-state index contributed by atoms with van der Waals surface area (Å²) >= 11 is 0. The Kier molecular flexibility index (Phi) is 7.96. The van der Waals surface area contributed by atoms with Crippen molar-refractivity contribution in [1.82, 2.24) is 16.0 Å². The van der Waals surface area contributed by atoms with Crippen molar-refractivity contribution in [2.75, 3.05) is 26.2 Å². The van der Waals surface area contributed by atoms with Crippen molar-refractivity contribution in [3.05, 3.63) is 77.9 Å². The van der Waals surface area contributed by atoms with E-state index in [0.717, 1.165) is 44.6 Å². The van der Waals surface area contributed by atoms with Gasteiger partial charge in [0.05, 0.1) is 0 Å². The Hall–Kier alpha value is -2.89. The molecule has 5 nitrogen and oxygen atoms in total. The van der Waals surface area contributed by atoms with Crippen molar-refractivity contribution in [2.24, 2.45) is 0 Å². The lowest BCUT2D eigenvalue weighted by Crippen LogP contribution is -2.44. The van der Waals surface area contributed by atoms with E-state index in [2.05, 4.69) is 70.5 Å². The lowest BCUT2D eigenvalue weighted by atomic mass is 9.97. The number of hydrogen-bond donors (Lipinski definition) is 3. The second-order valence-electron chi connectivity index (χ2n) is 10.00. The van der Waals surface area contributed by atoms with E-state index < -0.39 is 0 Å². The molecule has 1 heterocycles. The van der Waals surface area contributed by atoms with Crippen molar-refractivity contribution in [1.29, 1.82) is 0 Å². The van der Waals surface area contributed by atoms with Crippen LogP contribution in [0, 0.1) is 0 Å². The molecule has 0 spiro atoms. The topological polar surface area (TPSA) is 62.4 Å². The molecule has 2 aliphatic rings. The first kappa shape index (κ1) is 23.8. The van der Waals surface area contributed by atoms with E-state index in [9.17, 15) is 4.79 Å². The Bertz CT molecular complexity index is 1100. The van der Waals surface area contributed by atoms with Crippen LogP contribution in [0.5, 0.6) is 5.75 Å². The first-order valence-corrected chi connectivity index (χ1v) is 13.2. The predicted octanol–water partition coefficient (Wildman–Crippen LogP) is 4.56. The summed E-state index contributed by atoms with van der Waals surface area (Å²) in [4.78, 5) is 12.2. The third kappa shape index (κ3) is 6.41. The second kappa shape index (κ2) is 11.7. The molecule has 1 aliphatic carbocycles. The molecule has 35 heavy (non-hydrogen) atoms. The van der Waals surface area contributed by atoms with Crippen molar-refractivity contribution in [2.45, 2.75) is 56.5 Å². The molecular formula is C30H37N3O2. The standard InChI is InChI=1S/C30H37N3O2/c34-30(33-26-15-17-31-18-16-26)21-35-28-12-9-22(10-13-28)25-8-11-27(20-25)32-19-14-24-6-3-5-23-4-1-2-7-29(23)24/h1-7,9-10,12-13,25-27,31-32H,8,11,14-21H2,(H,33,34)/t25-,27+/m1/s1. The Morgan fingerprint density at radius 3 is 2.54 bits per heavy atom. The molecule has 0 bridgehead atoms. The van der Waals surface area contributed by atoms with Crippen LogP contribution >= 0.6 is 0 Å². The van der Waals surface area contributed by atoms with Crippen LogP contribution in [-0.2, 0) is 11.2 Å². The average Bonchev–Trinajstić information content (AvgIpc) is 3.37. The molecule has 0 unspecified atom stereocenters. The van der Waals surface area contributed by atoms with Gasteiger partial charge in [-0.15, -0.1) is 0 Å². The van der Waals surface area contributed by atoms with E-state index in [4.69, 9.17) is 4.74 Å². The van der Waals surface area contributed by atoms with Gasteiger partial charge in [0.15, 0.2) is 6.61 Å². The monoisotopic (exact) mass is 471 g/mol. The zero-order chi connectivity index (χ0) is 23.9. The van der Waals surface area contributed by atoms with E-state index in [0.29, 0.717) is 12.0 Å². The normalized spacial score (nSPS) is 20.7. The Balaban J connectivity index is 1.05. The number of fused-ring (bicyclic) bond motifs is 1. The van der Waals surface area contributed by atoms with Gasteiger partial charge in [-0.2, -0.15) is 0 Å². The molecule has 0 radical (unpaired) electrons. The van der Waals surface area contributed by atoms with Crippen LogP contribution in [0.25, 0.3) is 10.8 Å². The van der Waals surface area contributed by atoms with Crippen molar-refractivity contribution in [3.63, 3.8) is 0 Å². The van der Waals surface area contributed by atoms with E-state index in [1.165, 1.54) is 41.2 Å². The van der Waals surface area contributed by atoms with Gasteiger partial charge in [0, 0.05) is 12.1 Å². The largest absolute Gasteiger partial charge is 0.484 e. The fourth-order valence-electron chi connectivity index (χ4n) is 5.61. The minimum Gasteiger partial charge on any atom is -0.484 e. The SMILES string of the molecule is O=C(COc1ccc([C@@H]2CC[C@H](NCCc3cccc4ccccc34)C2)cc1)NC1CCNCC1. The zero-order valence-electron chi connectivity index (χ0n) is 20.5.